The molecule has 34 heavy (non-hydrogen) atoms. The van der Waals surface area contributed by atoms with E-state index in [0.717, 1.165) is 50.3 Å². The average Bonchev–Trinajstić information content (AvgIpc) is 3.22. The Morgan fingerprint density at radius 2 is 2.12 bits per heavy atom. The van der Waals surface area contributed by atoms with Crippen LogP contribution in [-0.2, 0) is 9.53 Å². The molecule has 3 fully saturated rings. The molecular weight excluding hydrogens is 452 g/mol. The summed E-state index contributed by atoms with van der Waals surface area (Å²) in [4.78, 5) is 13.9. The van der Waals surface area contributed by atoms with Crippen LogP contribution in [-0.4, -0.2) is 63.0 Å². The first-order chi connectivity index (χ1) is 16.5. The van der Waals surface area contributed by atoms with Crippen molar-refractivity contribution >= 4 is 17.5 Å². The SMILES string of the molecule is NC1NCCC23C=C(C=C(Cl)CNC2C1C(=O)NC1CNC=C=C1OC1CCNC1)C31CCC1. The lowest BCUT2D eigenvalue weighted by Crippen LogP contribution is -2.69. The zero-order valence-electron chi connectivity index (χ0n) is 19.5. The van der Waals surface area contributed by atoms with Gasteiger partial charge in [0, 0.05) is 47.7 Å². The predicted octanol–water partition coefficient (Wildman–Crippen LogP) is 0.535. The van der Waals surface area contributed by atoms with Gasteiger partial charge < -0.3 is 37.1 Å². The van der Waals surface area contributed by atoms with E-state index in [1.165, 1.54) is 12.0 Å². The second kappa shape index (κ2) is 8.70. The Hall–Kier alpha value is -1.80. The number of halogens is 1. The van der Waals surface area contributed by atoms with Crippen LogP contribution in [0.2, 0.25) is 0 Å². The van der Waals surface area contributed by atoms with E-state index in [1.54, 1.807) is 6.20 Å². The topological polar surface area (TPSA) is 112 Å². The summed E-state index contributed by atoms with van der Waals surface area (Å²) in [5.41, 5.74) is 11.2. The number of allylic oxidation sites excluding steroid dienone is 2. The van der Waals surface area contributed by atoms with E-state index in [0.29, 0.717) is 18.8 Å². The molecule has 9 heteroatoms. The molecule has 2 bridgehead atoms. The molecule has 6 atom stereocenters. The van der Waals surface area contributed by atoms with Gasteiger partial charge in [0.15, 0.2) is 5.76 Å². The smallest absolute Gasteiger partial charge is 0.228 e. The molecule has 2 saturated heterocycles. The maximum atomic E-state index is 13.9. The Kier molecular flexibility index (Phi) is 5.79. The summed E-state index contributed by atoms with van der Waals surface area (Å²) in [5.74, 6) is 0.182. The molecule has 1 amide bonds. The van der Waals surface area contributed by atoms with E-state index in [2.05, 4.69) is 44.5 Å². The number of amides is 1. The normalized spacial score (nSPS) is 40.1. The molecule has 184 valence electrons. The Morgan fingerprint density at radius 1 is 1.24 bits per heavy atom. The zero-order chi connectivity index (χ0) is 23.3. The third kappa shape index (κ3) is 3.47. The van der Waals surface area contributed by atoms with Crippen LogP contribution in [0.1, 0.15) is 32.1 Å². The lowest BCUT2D eigenvalue weighted by atomic mass is 9.38. The molecule has 0 aromatic heterocycles. The molecule has 8 nitrogen and oxygen atoms in total. The standard InChI is InChI=1S/C25H35ClN6O2/c26-16-10-15-11-25(24(15)4-1-5-24)6-9-30-22(27)20(21(25)31-12-16)23(33)32-18-14-29-8-3-19(18)34-17-2-7-28-13-17/h8,10-11,17-18,20-22,28-31H,1-2,4-7,9,12-14,27H2,(H,32,33). The number of nitrogens with one attached hydrogen (secondary N) is 5. The molecule has 6 rings (SSSR count). The third-order valence-electron chi connectivity index (χ3n) is 8.97. The minimum absolute atomic E-state index is 0.0584. The first-order valence-electron chi connectivity index (χ1n) is 12.7. The first kappa shape index (κ1) is 22.7. The van der Waals surface area contributed by atoms with Crippen LogP contribution in [0.5, 0.6) is 0 Å². The maximum absolute atomic E-state index is 13.9. The van der Waals surface area contributed by atoms with Gasteiger partial charge in [0.2, 0.25) is 5.91 Å². The van der Waals surface area contributed by atoms with Gasteiger partial charge in [-0.1, -0.05) is 29.8 Å². The molecule has 2 aliphatic carbocycles. The molecule has 2 spiro atoms. The molecule has 4 heterocycles. The van der Waals surface area contributed by atoms with Gasteiger partial charge in [-0.2, -0.15) is 0 Å². The number of carbonyl (C=O) groups excluding carboxylic acids is 1. The largest absolute Gasteiger partial charge is 0.483 e. The maximum Gasteiger partial charge on any atom is 0.228 e. The molecule has 6 aliphatic rings. The summed E-state index contributed by atoms with van der Waals surface area (Å²) in [5, 5.41) is 17.7. The Bertz CT molecular complexity index is 978. The highest BCUT2D eigenvalue weighted by atomic mass is 35.5. The Balaban J connectivity index is 1.27. The summed E-state index contributed by atoms with van der Waals surface area (Å²) in [6, 6.07) is -0.379. The van der Waals surface area contributed by atoms with Crippen LogP contribution in [0.15, 0.2) is 40.4 Å². The fraction of sp³-hybridized carbons (Fsp3) is 0.680. The van der Waals surface area contributed by atoms with Crippen molar-refractivity contribution in [1.29, 1.82) is 0 Å². The summed E-state index contributed by atoms with van der Waals surface area (Å²) in [6.45, 7) is 3.67. The van der Waals surface area contributed by atoms with E-state index < -0.39 is 12.1 Å². The van der Waals surface area contributed by atoms with Gasteiger partial charge in [-0.05, 0) is 50.4 Å². The van der Waals surface area contributed by atoms with Crippen LogP contribution >= 0.6 is 11.6 Å². The summed E-state index contributed by atoms with van der Waals surface area (Å²) in [7, 11) is 0. The van der Waals surface area contributed by atoms with Gasteiger partial charge in [-0.15, -0.1) is 0 Å². The number of fused-ring (bicyclic) bond motifs is 1. The van der Waals surface area contributed by atoms with Gasteiger partial charge in [0.25, 0.3) is 0 Å². The van der Waals surface area contributed by atoms with Crippen molar-refractivity contribution in [3.05, 3.63) is 40.4 Å². The Labute approximate surface area is 205 Å². The van der Waals surface area contributed by atoms with Crippen LogP contribution < -0.4 is 32.3 Å². The van der Waals surface area contributed by atoms with E-state index in [-0.39, 0.29) is 34.9 Å². The van der Waals surface area contributed by atoms with Crippen LogP contribution in [0.4, 0.5) is 0 Å². The number of nitrogens with two attached hydrogens (primary N) is 1. The molecule has 1 saturated carbocycles. The van der Waals surface area contributed by atoms with Gasteiger partial charge in [-0.3, -0.25) is 4.79 Å². The van der Waals surface area contributed by atoms with E-state index in [9.17, 15) is 4.79 Å². The van der Waals surface area contributed by atoms with Crippen molar-refractivity contribution in [3.8, 4) is 0 Å². The second-order valence-corrected chi connectivity index (χ2v) is 11.1. The van der Waals surface area contributed by atoms with Crippen molar-refractivity contribution < 1.29 is 9.53 Å². The minimum atomic E-state index is -0.451. The molecule has 0 radical (unpaired) electrons. The monoisotopic (exact) mass is 486 g/mol. The molecule has 0 aromatic rings. The minimum Gasteiger partial charge on any atom is -0.483 e. The zero-order valence-corrected chi connectivity index (χ0v) is 20.2. The number of rotatable bonds is 4. The van der Waals surface area contributed by atoms with Crippen molar-refractivity contribution in [3.63, 3.8) is 0 Å². The molecule has 6 unspecified atom stereocenters. The van der Waals surface area contributed by atoms with Gasteiger partial charge in [0.05, 0.1) is 12.1 Å². The summed E-state index contributed by atoms with van der Waals surface area (Å²) in [6.07, 6.45) is 11.4. The number of ether oxygens (including phenoxy) is 1. The number of carbonyl (C=O) groups is 1. The summed E-state index contributed by atoms with van der Waals surface area (Å²) >= 11 is 6.58. The van der Waals surface area contributed by atoms with Crippen LogP contribution in [0, 0.1) is 16.7 Å². The summed E-state index contributed by atoms with van der Waals surface area (Å²) < 4.78 is 6.21. The van der Waals surface area contributed by atoms with Gasteiger partial charge >= 0.3 is 0 Å². The molecule has 7 N–H and O–H groups in total. The fourth-order valence-corrected chi connectivity index (χ4v) is 7.31. The molecule has 0 aromatic carbocycles. The lowest BCUT2D eigenvalue weighted by Gasteiger charge is -2.66. The van der Waals surface area contributed by atoms with Crippen molar-refractivity contribution in [2.75, 3.05) is 32.7 Å². The first-order valence-corrected chi connectivity index (χ1v) is 13.1. The number of hydrogen-bond acceptors (Lipinski definition) is 7. The van der Waals surface area contributed by atoms with Crippen molar-refractivity contribution in [1.82, 2.24) is 26.6 Å². The van der Waals surface area contributed by atoms with E-state index in [4.69, 9.17) is 22.1 Å². The highest BCUT2D eigenvalue weighted by Crippen LogP contribution is 2.70. The quantitative estimate of drug-likeness (QED) is 0.321. The molecular formula is C25H35ClN6O2. The highest BCUT2D eigenvalue weighted by Gasteiger charge is 2.67. The van der Waals surface area contributed by atoms with Gasteiger partial charge in [-0.25, -0.2) is 0 Å². The number of hydrogen-bond donors (Lipinski definition) is 6. The Morgan fingerprint density at radius 3 is 2.88 bits per heavy atom. The average molecular weight is 487 g/mol. The van der Waals surface area contributed by atoms with E-state index >= 15 is 0 Å². The van der Waals surface area contributed by atoms with Crippen molar-refractivity contribution in [2.45, 2.75) is 56.5 Å². The third-order valence-corrected chi connectivity index (χ3v) is 9.21. The lowest BCUT2D eigenvalue weighted by molar-refractivity contribution is -0.131. The predicted molar refractivity (Wildman–Crippen MR) is 131 cm³/mol. The molecule has 4 aliphatic heterocycles. The van der Waals surface area contributed by atoms with Gasteiger partial charge in [0.1, 0.15) is 12.1 Å². The van der Waals surface area contributed by atoms with Crippen molar-refractivity contribution in [2.24, 2.45) is 22.5 Å². The fourth-order valence-electron chi connectivity index (χ4n) is 7.12. The van der Waals surface area contributed by atoms with E-state index in [1.807, 2.05) is 0 Å². The van der Waals surface area contributed by atoms with Crippen LogP contribution in [0.3, 0.4) is 0 Å². The highest BCUT2D eigenvalue weighted by molar-refractivity contribution is 6.30. The second-order valence-electron chi connectivity index (χ2n) is 10.6. The van der Waals surface area contributed by atoms with Crippen LogP contribution in [0.25, 0.3) is 0 Å².